The molecule has 1 fully saturated rings. The number of nitrogens with one attached hydrogen (secondary N) is 2. The van der Waals surface area contributed by atoms with Crippen LogP contribution in [-0.4, -0.2) is 53.0 Å². The van der Waals surface area contributed by atoms with Crippen molar-refractivity contribution in [2.24, 2.45) is 7.05 Å². The van der Waals surface area contributed by atoms with Gasteiger partial charge in [-0.15, -0.1) is 0 Å². The fourth-order valence-corrected chi connectivity index (χ4v) is 4.58. The second-order valence-electron chi connectivity index (χ2n) is 8.39. The van der Waals surface area contributed by atoms with Gasteiger partial charge in [-0.3, -0.25) is 4.79 Å². The molecule has 0 spiro atoms. The van der Waals surface area contributed by atoms with Gasteiger partial charge >= 0.3 is 0 Å². The molecule has 0 radical (unpaired) electrons. The number of piperidine rings is 1. The summed E-state index contributed by atoms with van der Waals surface area (Å²) in [5, 5.41) is 8.42. The van der Waals surface area contributed by atoms with Crippen LogP contribution < -0.4 is 20.5 Å². The van der Waals surface area contributed by atoms with Gasteiger partial charge in [0.2, 0.25) is 0 Å². The van der Waals surface area contributed by atoms with Gasteiger partial charge in [0.25, 0.3) is 5.56 Å². The predicted molar refractivity (Wildman–Crippen MR) is 131 cm³/mol. The molecule has 170 valence electrons. The van der Waals surface area contributed by atoms with Gasteiger partial charge in [-0.2, -0.15) is 5.10 Å². The summed E-state index contributed by atoms with van der Waals surface area (Å²) in [5.74, 6) is 1.14. The van der Waals surface area contributed by atoms with Gasteiger partial charge in [0.15, 0.2) is 5.65 Å². The first-order valence-corrected chi connectivity index (χ1v) is 11.2. The molecule has 0 unspecified atom stereocenters. The van der Waals surface area contributed by atoms with Crippen molar-refractivity contribution in [3.63, 3.8) is 0 Å². The monoisotopic (exact) mass is 444 g/mol. The summed E-state index contributed by atoms with van der Waals surface area (Å²) in [6.45, 7) is 1.98. The Morgan fingerprint density at radius 3 is 2.58 bits per heavy atom. The van der Waals surface area contributed by atoms with Crippen molar-refractivity contribution in [2.45, 2.75) is 18.9 Å². The number of H-pyrrole nitrogens is 1. The highest BCUT2D eigenvalue weighted by molar-refractivity contribution is 5.91. The van der Waals surface area contributed by atoms with Gasteiger partial charge in [-0.05, 0) is 32.0 Å². The van der Waals surface area contributed by atoms with Gasteiger partial charge in [-0.25, -0.2) is 9.67 Å². The van der Waals surface area contributed by atoms with E-state index in [1.807, 2.05) is 49.5 Å². The van der Waals surface area contributed by atoms with E-state index < -0.39 is 0 Å². The molecular weight excluding hydrogens is 416 g/mol. The SMILES string of the molecule is CNC1CCN(c2ccc(-c3nc4c(c(-c5ccccc5)nn4C)c(=O)[nH]3)c(OC)c2)CC1. The summed E-state index contributed by atoms with van der Waals surface area (Å²) < 4.78 is 7.36. The highest BCUT2D eigenvalue weighted by Gasteiger charge is 2.21. The van der Waals surface area contributed by atoms with Gasteiger partial charge in [0, 0.05) is 43.5 Å². The van der Waals surface area contributed by atoms with Crippen LogP contribution in [0.1, 0.15) is 12.8 Å². The number of hydrogen-bond acceptors (Lipinski definition) is 6. The number of anilines is 1. The third-order valence-electron chi connectivity index (χ3n) is 6.45. The molecule has 33 heavy (non-hydrogen) atoms. The van der Waals surface area contributed by atoms with Crippen molar-refractivity contribution in [1.82, 2.24) is 25.1 Å². The van der Waals surface area contributed by atoms with Crippen LogP contribution in [0.15, 0.2) is 53.3 Å². The molecule has 2 N–H and O–H groups in total. The maximum absolute atomic E-state index is 13.1. The lowest BCUT2D eigenvalue weighted by Gasteiger charge is -2.33. The lowest BCUT2D eigenvalue weighted by molar-refractivity contribution is 0.415. The van der Waals surface area contributed by atoms with E-state index in [-0.39, 0.29) is 5.56 Å². The molecule has 0 atom stereocenters. The number of rotatable bonds is 5. The molecule has 1 saturated heterocycles. The third-order valence-corrected chi connectivity index (χ3v) is 6.45. The van der Waals surface area contributed by atoms with Gasteiger partial charge in [0.05, 0.1) is 12.7 Å². The van der Waals surface area contributed by atoms with E-state index in [9.17, 15) is 4.79 Å². The van der Waals surface area contributed by atoms with Crippen LogP contribution in [-0.2, 0) is 7.05 Å². The third kappa shape index (κ3) is 3.87. The minimum atomic E-state index is -0.220. The van der Waals surface area contributed by atoms with Gasteiger partial charge in [-0.1, -0.05) is 30.3 Å². The smallest absolute Gasteiger partial charge is 0.262 e. The first-order chi connectivity index (χ1) is 16.1. The molecule has 4 aromatic rings. The Balaban J connectivity index is 1.54. The summed E-state index contributed by atoms with van der Waals surface area (Å²) in [4.78, 5) is 23.2. The number of methoxy groups -OCH3 is 1. The van der Waals surface area contributed by atoms with Crippen molar-refractivity contribution < 1.29 is 4.74 Å². The Hall–Kier alpha value is -3.65. The summed E-state index contributed by atoms with van der Waals surface area (Å²) in [6, 6.07) is 16.3. The molecule has 1 aliphatic heterocycles. The summed E-state index contributed by atoms with van der Waals surface area (Å²) in [7, 11) is 5.47. The number of aromatic amines is 1. The second-order valence-corrected chi connectivity index (χ2v) is 8.39. The Morgan fingerprint density at radius 2 is 1.88 bits per heavy atom. The standard InChI is InChI=1S/C25H28N6O2/c1-26-17-11-13-31(14-12-17)18-9-10-19(20(15-18)33-3)23-27-24-21(25(32)28-23)22(29-30(24)2)16-7-5-4-6-8-16/h4-10,15,17,26H,11-14H2,1-3H3,(H,27,28,32). The van der Waals surface area contributed by atoms with E-state index in [0.29, 0.717) is 34.3 Å². The van der Waals surface area contributed by atoms with Crippen LogP contribution in [0.3, 0.4) is 0 Å². The molecule has 1 aliphatic rings. The molecular formula is C25H28N6O2. The summed E-state index contributed by atoms with van der Waals surface area (Å²) in [5.41, 5.74) is 3.68. The second kappa shape index (κ2) is 8.71. The zero-order chi connectivity index (χ0) is 22.9. The first-order valence-electron chi connectivity index (χ1n) is 11.2. The minimum absolute atomic E-state index is 0.220. The minimum Gasteiger partial charge on any atom is -0.496 e. The van der Waals surface area contributed by atoms with Crippen molar-refractivity contribution in [3.05, 3.63) is 58.9 Å². The number of aromatic nitrogens is 4. The molecule has 8 heteroatoms. The predicted octanol–water partition coefficient (Wildman–Crippen LogP) is 3.19. The van der Waals surface area contributed by atoms with Crippen LogP contribution in [0.4, 0.5) is 5.69 Å². The molecule has 2 aromatic carbocycles. The molecule has 8 nitrogen and oxygen atoms in total. The van der Waals surface area contributed by atoms with Crippen LogP contribution in [0.5, 0.6) is 5.75 Å². The maximum Gasteiger partial charge on any atom is 0.262 e. The van der Waals surface area contributed by atoms with Crippen molar-refractivity contribution >= 4 is 16.7 Å². The number of fused-ring (bicyclic) bond motifs is 1. The molecule has 0 bridgehead atoms. The molecule has 2 aromatic heterocycles. The molecule has 5 rings (SSSR count). The van der Waals surface area contributed by atoms with Crippen LogP contribution >= 0.6 is 0 Å². The van der Waals surface area contributed by atoms with E-state index >= 15 is 0 Å². The average Bonchev–Trinajstić information content (AvgIpc) is 3.21. The normalized spacial score (nSPS) is 14.7. The summed E-state index contributed by atoms with van der Waals surface area (Å²) in [6.07, 6.45) is 2.21. The highest BCUT2D eigenvalue weighted by atomic mass is 16.5. The van der Waals surface area contributed by atoms with Gasteiger partial charge in [0.1, 0.15) is 22.7 Å². The van der Waals surface area contributed by atoms with Crippen LogP contribution in [0, 0.1) is 0 Å². The van der Waals surface area contributed by atoms with Crippen molar-refractivity contribution in [1.29, 1.82) is 0 Å². The Morgan fingerprint density at radius 1 is 1.12 bits per heavy atom. The average molecular weight is 445 g/mol. The Bertz CT molecular complexity index is 1340. The number of ether oxygens (including phenoxy) is 1. The van der Waals surface area contributed by atoms with Gasteiger partial charge < -0.3 is 19.9 Å². The van der Waals surface area contributed by atoms with Crippen molar-refractivity contribution in [3.8, 4) is 28.4 Å². The number of aryl methyl sites for hydroxylation is 1. The Labute approximate surface area is 192 Å². The summed E-state index contributed by atoms with van der Waals surface area (Å²) >= 11 is 0. The lowest BCUT2D eigenvalue weighted by atomic mass is 10.0. The highest BCUT2D eigenvalue weighted by Crippen LogP contribution is 2.33. The molecule has 3 heterocycles. The zero-order valence-electron chi connectivity index (χ0n) is 19.1. The molecule has 0 amide bonds. The van der Waals surface area contributed by atoms with E-state index in [1.165, 1.54) is 0 Å². The quantitative estimate of drug-likeness (QED) is 0.492. The Kier molecular flexibility index (Phi) is 5.60. The number of benzene rings is 2. The lowest BCUT2D eigenvalue weighted by Crippen LogP contribution is -2.41. The van der Waals surface area contributed by atoms with Crippen molar-refractivity contribution in [2.75, 3.05) is 32.1 Å². The van der Waals surface area contributed by atoms with Crippen LogP contribution in [0.25, 0.3) is 33.7 Å². The van der Waals surface area contributed by atoms with E-state index in [4.69, 9.17) is 9.72 Å². The van der Waals surface area contributed by atoms with E-state index in [1.54, 1.807) is 18.8 Å². The van der Waals surface area contributed by atoms with E-state index in [0.717, 1.165) is 42.7 Å². The van der Waals surface area contributed by atoms with Crippen LogP contribution in [0.2, 0.25) is 0 Å². The zero-order valence-corrected chi connectivity index (χ0v) is 19.1. The molecule has 0 saturated carbocycles. The molecule has 0 aliphatic carbocycles. The number of nitrogens with zero attached hydrogens (tertiary/aromatic N) is 4. The largest absolute Gasteiger partial charge is 0.496 e. The van der Waals surface area contributed by atoms with E-state index in [2.05, 4.69) is 26.4 Å². The fraction of sp³-hybridized carbons (Fsp3) is 0.320. The first kappa shape index (κ1) is 21.2. The topological polar surface area (TPSA) is 88.1 Å². The fourth-order valence-electron chi connectivity index (χ4n) is 4.58. The maximum atomic E-state index is 13.1. The number of hydrogen-bond donors (Lipinski definition) is 2.